The molecule has 0 radical (unpaired) electrons. The number of nitrogens with one attached hydrogen (secondary N) is 3. The number of aromatic nitrogens is 2. The van der Waals surface area contributed by atoms with E-state index in [4.69, 9.17) is 16.6 Å². The first kappa shape index (κ1) is 22.9. The number of carbonyl (C=O) groups is 1. The molecular weight excluding hydrogens is 454 g/mol. The number of amides is 1. The number of nitro benzene ring substituents is 1. The highest BCUT2D eigenvalue weighted by molar-refractivity contribution is 7.80. The quantitative estimate of drug-likeness (QED) is 0.205. The number of carbonyl (C=O) groups excluding carboxylic acids is 1. The Kier molecular flexibility index (Phi) is 6.51. The Bertz CT molecular complexity index is 1350. The minimum absolute atomic E-state index is 0.0341. The number of non-ortho nitro benzene ring substituents is 1. The summed E-state index contributed by atoms with van der Waals surface area (Å²) in [5, 5.41) is 23.8. The number of nitro groups is 1. The van der Waals surface area contributed by atoms with Crippen LogP contribution in [0.1, 0.15) is 33.1 Å². The minimum Gasteiger partial charge on any atom is -0.451 e. The van der Waals surface area contributed by atoms with Crippen molar-refractivity contribution in [3.05, 3.63) is 99.1 Å². The molecule has 172 valence electrons. The van der Waals surface area contributed by atoms with Crippen molar-refractivity contribution in [2.75, 3.05) is 5.32 Å². The van der Waals surface area contributed by atoms with Gasteiger partial charge in [-0.15, -0.1) is 0 Å². The lowest BCUT2D eigenvalue weighted by Gasteiger charge is -2.09. The highest BCUT2D eigenvalue weighted by Crippen LogP contribution is 2.26. The van der Waals surface area contributed by atoms with Crippen molar-refractivity contribution in [3.63, 3.8) is 0 Å². The molecule has 0 fully saturated rings. The zero-order valence-electron chi connectivity index (χ0n) is 18.4. The zero-order valence-corrected chi connectivity index (χ0v) is 19.2. The Morgan fingerprint density at radius 2 is 1.91 bits per heavy atom. The highest BCUT2D eigenvalue weighted by Gasteiger charge is 2.15. The Balaban J connectivity index is 1.36. The summed E-state index contributed by atoms with van der Waals surface area (Å²) in [5.74, 6) is -0.157. The maximum Gasteiger partial charge on any atom is 0.293 e. The predicted octanol–water partition coefficient (Wildman–Crippen LogP) is 4.91. The third-order valence-corrected chi connectivity index (χ3v) is 5.48. The molecule has 2 heterocycles. The first-order valence-corrected chi connectivity index (χ1v) is 10.8. The molecule has 0 aliphatic carbocycles. The van der Waals surface area contributed by atoms with Gasteiger partial charge in [0.15, 0.2) is 10.9 Å². The molecule has 0 bridgehead atoms. The van der Waals surface area contributed by atoms with Crippen molar-refractivity contribution in [1.82, 2.24) is 15.5 Å². The predicted molar refractivity (Wildman–Crippen MR) is 132 cm³/mol. The molecule has 4 rings (SSSR count). The van der Waals surface area contributed by atoms with Crippen LogP contribution >= 0.6 is 12.2 Å². The van der Waals surface area contributed by atoms with Crippen LogP contribution in [0, 0.1) is 24.0 Å². The molecule has 0 saturated carbocycles. The first-order chi connectivity index (χ1) is 16.3. The fourth-order valence-corrected chi connectivity index (χ4v) is 3.67. The SMILES string of the molecule is Cc1n[nH]c(C)c1Cc1ccc(NC(=S)NC(=O)c2ccc(-c3cccc([N+](=O)[O-])c3)o2)cc1. The second-order valence-electron chi connectivity index (χ2n) is 7.67. The molecule has 0 saturated heterocycles. The van der Waals surface area contributed by atoms with Crippen molar-refractivity contribution in [2.24, 2.45) is 0 Å². The summed E-state index contributed by atoms with van der Waals surface area (Å²) in [6.07, 6.45) is 0.765. The van der Waals surface area contributed by atoms with Gasteiger partial charge in [0.2, 0.25) is 0 Å². The molecule has 2 aromatic heterocycles. The van der Waals surface area contributed by atoms with Crippen LogP contribution < -0.4 is 10.6 Å². The summed E-state index contributed by atoms with van der Waals surface area (Å²) >= 11 is 5.25. The molecule has 9 nitrogen and oxygen atoms in total. The number of benzene rings is 2. The van der Waals surface area contributed by atoms with Gasteiger partial charge < -0.3 is 9.73 Å². The Labute approximate surface area is 200 Å². The molecule has 0 atom stereocenters. The minimum atomic E-state index is -0.531. The Hall–Kier alpha value is -4.31. The van der Waals surface area contributed by atoms with E-state index < -0.39 is 10.8 Å². The largest absolute Gasteiger partial charge is 0.451 e. The summed E-state index contributed by atoms with van der Waals surface area (Å²) in [6, 6.07) is 16.8. The van der Waals surface area contributed by atoms with Gasteiger partial charge in [0.1, 0.15) is 5.76 Å². The molecule has 2 aromatic carbocycles. The molecule has 0 aliphatic rings. The molecule has 3 N–H and O–H groups in total. The van der Waals surface area contributed by atoms with Crippen molar-refractivity contribution >= 4 is 34.6 Å². The van der Waals surface area contributed by atoms with E-state index in [-0.39, 0.29) is 16.6 Å². The lowest BCUT2D eigenvalue weighted by Crippen LogP contribution is -2.33. The van der Waals surface area contributed by atoms with E-state index in [0.29, 0.717) is 11.3 Å². The van der Waals surface area contributed by atoms with Crippen molar-refractivity contribution in [2.45, 2.75) is 20.3 Å². The van der Waals surface area contributed by atoms with E-state index in [0.717, 1.165) is 29.1 Å². The van der Waals surface area contributed by atoms with Crippen LogP contribution in [-0.4, -0.2) is 26.1 Å². The second-order valence-corrected chi connectivity index (χ2v) is 8.07. The number of aryl methyl sites for hydroxylation is 2. The van der Waals surface area contributed by atoms with Crippen molar-refractivity contribution in [3.8, 4) is 11.3 Å². The third-order valence-electron chi connectivity index (χ3n) is 5.27. The first-order valence-electron chi connectivity index (χ1n) is 10.4. The molecule has 0 unspecified atom stereocenters. The molecule has 34 heavy (non-hydrogen) atoms. The number of H-pyrrole nitrogens is 1. The van der Waals surface area contributed by atoms with Gasteiger partial charge in [-0.1, -0.05) is 24.3 Å². The highest BCUT2D eigenvalue weighted by atomic mass is 32.1. The van der Waals surface area contributed by atoms with Gasteiger partial charge >= 0.3 is 0 Å². The van der Waals surface area contributed by atoms with Gasteiger partial charge in [0, 0.05) is 41.1 Å². The molecule has 10 heteroatoms. The summed E-state index contributed by atoms with van der Waals surface area (Å²) in [4.78, 5) is 23.0. The van der Waals surface area contributed by atoms with Crippen LogP contribution in [0.2, 0.25) is 0 Å². The number of furan rings is 1. The van der Waals surface area contributed by atoms with Gasteiger partial charge in [-0.05, 0) is 55.9 Å². The van der Waals surface area contributed by atoms with Crippen LogP contribution in [0.15, 0.2) is 65.1 Å². The van der Waals surface area contributed by atoms with Crippen LogP contribution in [0.25, 0.3) is 11.3 Å². The maximum atomic E-state index is 12.5. The lowest BCUT2D eigenvalue weighted by atomic mass is 10.0. The molecule has 0 spiro atoms. The monoisotopic (exact) mass is 475 g/mol. The molecule has 1 amide bonds. The smallest absolute Gasteiger partial charge is 0.293 e. The standard InChI is InChI=1S/C24H21N5O4S/c1-14-20(15(2)28-27-14)12-16-6-8-18(9-7-16)25-24(34)26-23(30)22-11-10-21(33-22)17-4-3-5-19(13-17)29(31)32/h3-11,13H,12H2,1-2H3,(H,27,28)(H2,25,26,30,34). The summed E-state index contributed by atoms with van der Waals surface area (Å²) in [5.41, 5.74) is 5.49. The summed E-state index contributed by atoms with van der Waals surface area (Å²) < 4.78 is 5.57. The maximum absolute atomic E-state index is 12.5. The van der Waals surface area contributed by atoms with Crippen LogP contribution in [0.4, 0.5) is 11.4 Å². The van der Waals surface area contributed by atoms with Gasteiger partial charge in [0.05, 0.1) is 10.6 Å². The second kappa shape index (κ2) is 9.67. The normalized spacial score (nSPS) is 10.6. The van der Waals surface area contributed by atoms with Gasteiger partial charge in [-0.3, -0.25) is 25.3 Å². The van der Waals surface area contributed by atoms with Crippen LogP contribution in [-0.2, 0) is 6.42 Å². The number of thiocarbonyl (C=S) groups is 1. The Morgan fingerprint density at radius 1 is 1.15 bits per heavy atom. The topological polar surface area (TPSA) is 126 Å². The number of nitrogens with zero attached hydrogens (tertiary/aromatic N) is 2. The average Bonchev–Trinajstić information content (AvgIpc) is 3.43. The van der Waals surface area contributed by atoms with Crippen LogP contribution in [0.5, 0.6) is 0 Å². The van der Waals surface area contributed by atoms with Crippen molar-refractivity contribution < 1.29 is 14.1 Å². The zero-order chi connectivity index (χ0) is 24.2. The van der Waals surface area contributed by atoms with Gasteiger partial charge in [-0.25, -0.2) is 0 Å². The fourth-order valence-electron chi connectivity index (χ4n) is 3.46. The van der Waals surface area contributed by atoms with Gasteiger partial charge in [0.25, 0.3) is 11.6 Å². The van der Waals surface area contributed by atoms with E-state index in [1.165, 1.54) is 23.8 Å². The molecule has 4 aromatic rings. The summed E-state index contributed by atoms with van der Waals surface area (Å²) in [7, 11) is 0. The van der Waals surface area contributed by atoms with Crippen molar-refractivity contribution in [1.29, 1.82) is 0 Å². The number of aromatic amines is 1. The van der Waals surface area contributed by atoms with E-state index in [1.807, 2.05) is 38.1 Å². The van der Waals surface area contributed by atoms with E-state index in [1.54, 1.807) is 18.2 Å². The van der Waals surface area contributed by atoms with E-state index >= 15 is 0 Å². The number of hydrogen-bond donors (Lipinski definition) is 3. The average molecular weight is 476 g/mol. The van der Waals surface area contributed by atoms with Crippen LogP contribution in [0.3, 0.4) is 0 Å². The number of anilines is 1. The Morgan fingerprint density at radius 3 is 2.59 bits per heavy atom. The number of hydrogen-bond acceptors (Lipinski definition) is 6. The fraction of sp³-hybridized carbons (Fsp3) is 0.125. The van der Waals surface area contributed by atoms with E-state index in [9.17, 15) is 14.9 Å². The molecule has 0 aliphatic heterocycles. The molecular formula is C24H21N5O4S. The van der Waals surface area contributed by atoms with E-state index in [2.05, 4.69) is 20.8 Å². The summed E-state index contributed by atoms with van der Waals surface area (Å²) in [6.45, 7) is 3.97. The third kappa shape index (κ3) is 5.18. The lowest BCUT2D eigenvalue weighted by molar-refractivity contribution is -0.384. The number of rotatable bonds is 6. The van der Waals surface area contributed by atoms with Gasteiger partial charge in [-0.2, -0.15) is 5.10 Å².